The fourth-order valence-corrected chi connectivity index (χ4v) is 2.23. The van der Waals surface area contributed by atoms with Crippen LogP contribution in [0.2, 0.25) is 0 Å². The second-order valence-electron chi connectivity index (χ2n) is 4.28. The normalized spacial score (nSPS) is 12.2. The van der Waals surface area contributed by atoms with E-state index >= 15 is 0 Å². The number of nitrogens with zero attached hydrogens (tertiary/aromatic N) is 2. The molecule has 0 amide bonds. The molecule has 0 fully saturated rings. The van der Waals surface area contributed by atoms with Gasteiger partial charge in [-0.1, -0.05) is 6.92 Å². The van der Waals surface area contributed by atoms with E-state index in [-0.39, 0.29) is 6.04 Å². The fraction of sp³-hybridized carbons (Fsp3) is 0.333. The summed E-state index contributed by atoms with van der Waals surface area (Å²) in [6.45, 7) is 5.52. The van der Waals surface area contributed by atoms with Crippen molar-refractivity contribution in [2.75, 3.05) is 13.2 Å². The van der Waals surface area contributed by atoms with Gasteiger partial charge < -0.3 is 10.1 Å². The van der Waals surface area contributed by atoms with Crippen molar-refractivity contribution < 1.29 is 4.74 Å². The molecule has 0 saturated carbocycles. The van der Waals surface area contributed by atoms with Crippen molar-refractivity contribution in [3.8, 4) is 5.75 Å². The quantitative estimate of drug-likeness (QED) is 0.879. The molecular formula is C15H18BrN3O. The first kappa shape index (κ1) is 14.9. The van der Waals surface area contributed by atoms with Crippen LogP contribution in [0.3, 0.4) is 0 Å². The van der Waals surface area contributed by atoms with Crippen molar-refractivity contribution in [2.24, 2.45) is 0 Å². The molecule has 4 nitrogen and oxygen atoms in total. The lowest BCUT2D eigenvalue weighted by Gasteiger charge is -2.18. The largest absolute Gasteiger partial charge is 0.492 e. The smallest absolute Gasteiger partial charge is 0.137 e. The number of rotatable bonds is 6. The summed E-state index contributed by atoms with van der Waals surface area (Å²) >= 11 is 3.41. The summed E-state index contributed by atoms with van der Waals surface area (Å²) in [4.78, 5) is 8.72. The minimum Gasteiger partial charge on any atom is -0.492 e. The van der Waals surface area contributed by atoms with Gasteiger partial charge in [0.1, 0.15) is 5.75 Å². The molecule has 2 heterocycles. The molecule has 2 rings (SSSR count). The molecule has 0 bridgehead atoms. The summed E-state index contributed by atoms with van der Waals surface area (Å²) in [5, 5.41) is 3.43. The van der Waals surface area contributed by atoms with E-state index in [2.05, 4.69) is 38.1 Å². The Morgan fingerprint density at radius 2 is 2.10 bits per heavy atom. The minimum atomic E-state index is 0.0148. The third-order valence-electron chi connectivity index (χ3n) is 2.83. The summed E-state index contributed by atoms with van der Waals surface area (Å²) in [5.74, 6) is 0.782. The average Bonchev–Trinajstić information content (AvgIpc) is 2.47. The van der Waals surface area contributed by atoms with Gasteiger partial charge in [0.05, 0.1) is 24.5 Å². The summed E-state index contributed by atoms with van der Waals surface area (Å²) in [6, 6.07) is 6.02. The fourth-order valence-electron chi connectivity index (χ4n) is 1.99. The zero-order valence-corrected chi connectivity index (χ0v) is 13.2. The predicted octanol–water partition coefficient (Wildman–Crippen LogP) is 3.34. The molecule has 5 heteroatoms. The van der Waals surface area contributed by atoms with E-state index in [1.807, 2.05) is 31.3 Å². The Morgan fingerprint density at radius 3 is 2.75 bits per heavy atom. The maximum atomic E-state index is 5.51. The van der Waals surface area contributed by atoms with Crippen molar-refractivity contribution >= 4 is 15.9 Å². The van der Waals surface area contributed by atoms with Crippen LogP contribution in [0.5, 0.6) is 5.75 Å². The van der Waals surface area contributed by atoms with E-state index in [0.29, 0.717) is 6.61 Å². The standard InChI is InChI=1S/C15H18BrN3O/c1-3-18-15(14-6-5-12(16)9-19-14)11-7-13(20-4-2)10-17-8-11/h5-10,15,18H,3-4H2,1-2H3. The highest BCUT2D eigenvalue weighted by atomic mass is 79.9. The highest BCUT2D eigenvalue weighted by Crippen LogP contribution is 2.23. The van der Waals surface area contributed by atoms with E-state index in [0.717, 1.165) is 28.0 Å². The van der Waals surface area contributed by atoms with Crippen LogP contribution in [0.4, 0.5) is 0 Å². The van der Waals surface area contributed by atoms with E-state index in [4.69, 9.17) is 4.74 Å². The van der Waals surface area contributed by atoms with Crippen LogP contribution in [-0.4, -0.2) is 23.1 Å². The molecule has 0 radical (unpaired) electrons. The van der Waals surface area contributed by atoms with Gasteiger partial charge in [-0.2, -0.15) is 0 Å². The van der Waals surface area contributed by atoms with Gasteiger partial charge in [-0.15, -0.1) is 0 Å². The molecule has 1 atom stereocenters. The van der Waals surface area contributed by atoms with Crippen molar-refractivity contribution in [1.82, 2.24) is 15.3 Å². The SMILES string of the molecule is CCNC(c1cncc(OCC)c1)c1ccc(Br)cn1. The molecule has 0 aromatic carbocycles. The molecule has 0 spiro atoms. The van der Waals surface area contributed by atoms with Crippen molar-refractivity contribution in [3.63, 3.8) is 0 Å². The Balaban J connectivity index is 2.32. The third-order valence-corrected chi connectivity index (χ3v) is 3.30. The molecule has 0 aliphatic heterocycles. The summed E-state index contributed by atoms with van der Waals surface area (Å²) in [5.41, 5.74) is 2.01. The van der Waals surface area contributed by atoms with Gasteiger partial charge in [0.25, 0.3) is 0 Å². The monoisotopic (exact) mass is 335 g/mol. The second kappa shape index (κ2) is 7.36. The molecule has 2 aromatic heterocycles. The average molecular weight is 336 g/mol. The highest BCUT2D eigenvalue weighted by molar-refractivity contribution is 9.10. The van der Waals surface area contributed by atoms with E-state index in [9.17, 15) is 0 Å². The zero-order chi connectivity index (χ0) is 14.4. The van der Waals surface area contributed by atoms with Crippen molar-refractivity contribution in [3.05, 3.63) is 52.5 Å². The van der Waals surface area contributed by atoms with Gasteiger partial charge in [-0.05, 0) is 53.2 Å². The molecule has 20 heavy (non-hydrogen) atoms. The molecule has 1 N–H and O–H groups in total. The molecule has 1 unspecified atom stereocenters. The number of ether oxygens (including phenoxy) is 1. The van der Waals surface area contributed by atoms with Gasteiger partial charge in [0.2, 0.25) is 0 Å². The minimum absolute atomic E-state index is 0.0148. The van der Waals surface area contributed by atoms with Crippen LogP contribution in [-0.2, 0) is 0 Å². The van der Waals surface area contributed by atoms with Crippen LogP contribution in [0.1, 0.15) is 31.1 Å². The first-order valence-electron chi connectivity index (χ1n) is 6.67. The number of aromatic nitrogens is 2. The molecule has 0 aliphatic rings. The maximum absolute atomic E-state index is 5.51. The van der Waals surface area contributed by atoms with Crippen LogP contribution < -0.4 is 10.1 Å². The Hall–Kier alpha value is -1.46. The van der Waals surface area contributed by atoms with Crippen molar-refractivity contribution in [2.45, 2.75) is 19.9 Å². The van der Waals surface area contributed by atoms with Crippen LogP contribution in [0, 0.1) is 0 Å². The molecule has 0 aliphatic carbocycles. The summed E-state index contributed by atoms with van der Waals surface area (Å²) < 4.78 is 6.48. The van der Waals surface area contributed by atoms with Crippen LogP contribution in [0.25, 0.3) is 0 Å². The third kappa shape index (κ3) is 3.77. The maximum Gasteiger partial charge on any atom is 0.137 e. The number of hydrogen-bond donors (Lipinski definition) is 1. The van der Waals surface area contributed by atoms with Gasteiger partial charge in [-0.3, -0.25) is 9.97 Å². The first-order valence-corrected chi connectivity index (χ1v) is 7.46. The van der Waals surface area contributed by atoms with Crippen LogP contribution in [0.15, 0.2) is 41.3 Å². The number of hydrogen-bond acceptors (Lipinski definition) is 4. The number of nitrogens with one attached hydrogen (secondary N) is 1. The summed E-state index contributed by atoms with van der Waals surface area (Å²) in [7, 11) is 0. The predicted molar refractivity (Wildman–Crippen MR) is 82.9 cm³/mol. The van der Waals surface area contributed by atoms with Gasteiger partial charge in [0, 0.05) is 16.9 Å². The molecule has 0 saturated heterocycles. The van der Waals surface area contributed by atoms with Gasteiger partial charge in [-0.25, -0.2) is 0 Å². The molecule has 106 valence electrons. The molecule has 2 aromatic rings. The zero-order valence-electron chi connectivity index (χ0n) is 11.6. The number of halogens is 1. The number of pyridine rings is 2. The summed E-state index contributed by atoms with van der Waals surface area (Å²) in [6.07, 6.45) is 5.38. The lowest BCUT2D eigenvalue weighted by Crippen LogP contribution is -2.23. The Labute approximate surface area is 127 Å². The molecular weight excluding hydrogens is 318 g/mol. The topological polar surface area (TPSA) is 47.0 Å². The van der Waals surface area contributed by atoms with Crippen molar-refractivity contribution in [1.29, 1.82) is 0 Å². The Morgan fingerprint density at radius 1 is 1.25 bits per heavy atom. The lowest BCUT2D eigenvalue weighted by molar-refractivity contribution is 0.338. The van der Waals surface area contributed by atoms with Gasteiger partial charge in [0.15, 0.2) is 0 Å². The Kier molecular flexibility index (Phi) is 5.49. The van der Waals surface area contributed by atoms with E-state index in [1.54, 1.807) is 12.4 Å². The van der Waals surface area contributed by atoms with E-state index in [1.165, 1.54) is 0 Å². The Bertz CT molecular complexity index is 545. The highest BCUT2D eigenvalue weighted by Gasteiger charge is 2.15. The lowest BCUT2D eigenvalue weighted by atomic mass is 10.0. The second-order valence-corrected chi connectivity index (χ2v) is 5.19. The van der Waals surface area contributed by atoms with Gasteiger partial charge >= 0.3 is 0 Å². The van der Waals surface area contributed by atoms with Crippen LogP contribution >= 0.6 is 15.9 Å². The van der Waals surface area contributed by atoms with E-state index < -0.39 is 0 Å². The first-order chi connectivity index (χ1) is 9.74.